The third-order valence-electron chi connectivity index (χ3n) is 2.63. The van der Waals surface area contributed by atoms with Crippen molar-refractivity contribution in [2.75, 3.05) is 0 Å². The van der Waals surface area contributed by atoms with Crippen LogP contribution in [0.15, 0.2) is 41.5 Å². The van der Waals surface area contributed by atoms with Crippen LogP contribution in [0.3, 0.4) is 0 Å². The Balaban J connectivity index is 2.40. The van der Waals surface area contributed by atoms with E-state index in [0.29, 0.717) is 22.5 Å². The SMILES string of the molecule is Cc1nn(-c2ccccn2)c2[nH]ccc(=O)c12. The van der Waals surface area contributed by atoms with E-state index in [1.54, 1.807) is 17.1 Å². The van der Waals surface area contributed by atoms with Crippen LogP contribution in [-0.4, -0.2) is 19.7 Å². The van der Waals surface area contributed by atoms with E-state index in [9.17, 15) is 4.79 Å². The lowest BCUT2D eigenvalue weighted by Gasteiger charge is -2.00. The summed E-state index contributed by atoms with van der Waals surface area (Å²) in [5.41, 5.74) is 1.35. The highest BCUT2D eigenvalue weighted by Gasteiger charge is 2.11. The van der Waals surface area contributed by atoms with Gasteiger partial charge in [0, 0.05) is 18.5 Å². The van der Waals surface area contributed by atoms with E-state index >= 15 is 0 Å². The molecule has 5 heteroatoms. The van der Waals surface area contributed by atoms with Crippen LogP contribution in [0.2, 0.25) is 0 Å². The number of fused-ring (bicyclic) bond motifs is 1. The molecule has 0 aliphatic rings. The van der Waals surface area contributed by atoms with Crippen molar-refractivity contribution in [2.24, 2.45) is 0 Å². The molecule has 5 nitrogen and oxygen atoms in total. The molecule has 0 saturated heterocycles. The Labute approximate surface area is 96.7 Å². The topological polar surface area (TPSA) is 63.6 Å². The number of nitrogens with zero attached hydrogens (tertiary/aromatic N) is 3. The normalized spacial score (nSPS) is 10.9. The fourth-order valence-corrected chi connectivity index (χ4v) is 1.88. The molecule has 0 fully saturated rings. The minimum Gasteiger partial charge on any atom is -0.346 e. The van der Waals surface area contributed by atoms with Crippen molar-refractivity contribution < 1.29 is 0 Å². The van der Waals surface area contributed by atoms with E-state index in [4.69, 9.17) is 0 Å². The van der Waals surface area contributed by atoms with Gasteiger partial charge in [-0.3, -0.25) is 4.79 Å². The van der Waals surface area contributed by atoms with Gasteiger partial charge in [0.2, 0.25) is 0 Å². The van der Waals surface area contributed by atoms with Gasteiger partial charge in [-0.15, -0.1) is 0 Å². The lowest BCUT2D eigenvalue weighted by atomic mass is 10.3. The summed E-state index contributed by atoms with van der Waals surface area (Å²) in [6, 6.07) is 7.06. The van der Waals surface area contributed by atoms with Gasteiger partial charge in [-0.25, -0.2) is 4.98 Å². The van der Waals surface area contributed by atoms with Crippen molar-refractivity contribution in [3.05, 3.63) is 52.6 Å². The van der Waals surface area contributed by atoms with Crippen molar-refractivity contribution in [1.29, 1.82) is 0 Å². The predicted molar refractivity (Wildman–Crippen MR) is 64.2 cm³/mol. The van der Waals surface area contributed by atoms with Gasteiger partial charge in [-0.1, -0.05) is 6.07 Å². The lowest BCUT2D eigenvalue weighted by molar-refractivity contribution is 0.847. The van der Waals surface area contributed by atoms with Gasteiger partial charge >= 0.3 is 0 Å². The fourth-order valence-electron chi connectivity index (χ4n) is 1.88. The van der Waals surface area contributed by atoms with E-state index in [1.807, 2.05) is 25.1 Å². The van der Waals surface area contributed by atoms with Crippen molar-refractivity contribution >= 4 is 11.0 Å². The number of H-pyrrole nitrogens is 1. The minimum atomic E-state index is -0.0292. The molecule has 0 bridgehead atoms. The first kappa shape index (κ1) is 9.77. The van der Waals surface area contributed by atoms with Crippen LogP contribution in [0.5, 0.6) is 0 Å². The number of nitrogens with one attached hydrogen (secondary N) is 1. The van der Waals surface area contributed by atoms with Crippen LogP contribution in [0.4, 0.5) is 0 Å². The lowest BCUT2D eigenvalue weighted by Crippen LogP contribution is -2.03. The summed E-state index contributed by atoms with van der Waals surface area (Å²) in [4.78, 5) is 19.0. The zero-order chi connectivity index (χ0) is 11.8. The molecular formula is C12H10N4O. The first-order valence-electron chi connectivity index (χ1n) is 5.26. The maximum atomic E-state index is 11.8. The number of hydrogen-bond donors (Lipinski definition) is 1. The molecule has 0 radical (unpaired) electrons. The number of aromatic nitrogens is 4. The monoisotopic (exact) mass is 226 g/mol. The Morgan fingerprint density at radius 1 is 1.29 bits per heavy atom. The Morgan fingerprint density at radius 3 is 2.94 bits per heavy atom. The molecule has 0 aliphatic carbocycles. The predicted octanol–water partition coefficient (Wildman–Crippen LogP) is 1.42. The number of aryl methyl sites for hydroxylation is 1. The number of aromatic amines is 1. The molecule has 0 aliphatic heterocycles. The van der Waals surface area contributed by atoms with E-state index < -0.39 is 0 Å². The highest BCUT2D eigenvalue weighted by molar-refractivity contribution is 5.78. The van der Waals surface area contributed by atoms with Crippen molar-refractivity contribution in [3.8, 4) is 5.82 Å². The van der Waals surface area contributed by atoms with Gasteiger partial charge < -0.3 is 4.98 Å². The maximum absolute atomic E-state index is 11.8. The Bertz CT molecular complexity index is 727. The van der Waals surface area contributed by atoms with E-state index in [-0.39, 0.29) is 5.43 Å². The van der Waals surface area contributed by atoms with E-state index in [0.717, 1.165) is 0 Å². The third kappa shape index (κ3) is 1.44. The van der Waals surface area contributed by atoms with Crippen LogP contribution in [0.1, 0.15) is 5.69 Å². The summed E-state index contributed by atoms with van der Waals surface area (Å²) in [5.74, 6) is 0.687. The molecule has 0 atom stereocenters. The van der Waals surface area contributed by atoms with Crippen LogP contribution >= 0.6 is 0 Å². The van der Waals surface area contributed by atoms with Gasteiger partial charge in [0.15, 0.2) is 11.2 Å². The van der Waals surface area contributed by atoms with E-state index in [2.05, 4.69) is 15.1 Å². The Kier molecular flexibility index (Phi) is 2.04. The van der Waals surface area contributed by atoms with Gasteiger partial charge in [0.25, 0.3) is 0 Å². The molecule has 3 aromatic heterocycles. The summed E-state index contributed by atoms with van der Waals surface area (Å²) < 4.78 is 1.64. The molecule has 0 saturated carbocycles. The Hall–Kier alpha value is -2.43. The molecule has 0 aromatic carbocycles. The van der Waals surface area contributed by atoms with Crippen molar-refractivity contribution in [2.45, 2.75) is 6.92 Å². The Morgan fingerprint density at radius 2 is 2.18 bits per heavy atom. The molecule has 0 unspecified atom stereocenters. The number of hydrogen-bond acceptors (Lipinski definition) is 3. The van der Waals surface area contributed by atoms with Gasteiger partial charge in [0.1, 0.15) is 5.65 Å². The molecular weight excluding hydrogens is 216 g/mol. The minimum absolute atomic E-state index is 0.0292. The fraction of sp³-hybridized carbons (Fsp3) is 0.0833. The first-order valence-corrected chi connectivity index (χ1v) is 5.26. The van der Waals surface area contributed by atoms with Crippen LogP contribution in [0.25, 0.3) is 16.9 Å². The highest BCUT2D eigenvalue weighted by Crippen LogP contribution is 2.14. The van der Waals surface area contributed by atoms with E-state index in [1.165, 1.54) is 6.07 Å². The average Bonchev–Trinajstić information content (AvgIpc) is 2.69. The first-order chi connectivity index (χ1) is 8.27. The summed E-state index contributed by atoms with van der Waals surface area (Å²) in [6.45, 7) is 1.82. The quantitative estimate of drug-likeness (QED) is 0.682. The average molecular weight is 226 g/mol. The molecule has 3 heterocycles. The summed E-state index contributed by atoms with van der Waals surface area (Å²) in [7, 11) is 0. The second-order valence-corrected chi connectivity index (χ2v) is 3.75. The molecule has 3 rings (SSSR count). The van der Waals surface area contributed by atoms with Gasteiger partial charge in [-0.2, -0.15) is 9.78 Å². The summed E-state index contributed by atoms with van der Waals surface area (Å²) in [5, 5.41) is 4.95. The zero-order valence-electron chi connectivity index (χ0n) is 9.21. The maximum Gasteiger partial charge on any atom is 0.192 e. The van der Waals surface area contributed by atoms with Crippen LogP contribution in [-0.2, 0) is 0 Å². The standard InChI is InChI=1S/C12H10N4O/c1-8-11-9(17)5-7-14-12(11)16(15-8)10-4-2-3-6-13-10/h2-7H,1H3,(H,14,17). The van der Waals surface area contributed by atoms with Crippen LogP contribution in [0, 0.1) is 6.92 Å². The molecule has 0 amide bonds. The molecule has 17 heavy (non-hydrogen) atoms. The van der Waals surface area contributed by atoms with Gasteiger partial charge in [0.05, 0.1) is 11.1 Å². The second kappa shape index (κ2) is 3.55. The van der Waals surface area contributed by atoms with Crippen LogP contribution < -0.4 is 5.43 Å². The molecule has 1 N–H and O–H groups in total. The van der Waals surface area contributed by atoms with Crippen molar-refractivity contribution in [1.82, 2.24) is 19.7 Å². The molecule has 3 aromatic rings. The smallest absolute Gasteiger partial charge is 0.192 e. The van der Waals surface area contributed by atoms with Crippen molar-refractivity contribution in [3.63, 3.8) is 0 Å². The number of pyridine rings is 2. The summed E-state index contributed by atoms with van der Waals surface area (Å²) in [6.07, 6.45) is 3.31. The summed E-state index contributed by atoms with van der Waals surface area (Å²) >= 11 is 0. The zero-order valence-corrected chi connectivity index (χ0v) is 9.21. The molecule has 0 spiro atoms. The number of rotatable bonds is 1. The second-order valence-electron chi connectivity index (χ2n) is 3.75. The third-order valence-corrected chi connectivity index (χ3v) is 2.63. The largest absolute Gasteiger partial charge is 0.346 e. The highest BCUT2D eigenvalue weighted by atomic mass is 16.1. The van der Waals surface area contributed by atoms with Gasteiger partial charge in [-0.05, 0) is 19.1 Å². The molecule has 84 valence electrons.